The van der Waals surface area contributed by atoms with E-state index < -0.39 is 21.6 Å². The molecule has 0 aliphatic carbocycles. The van der Waals surface area contributed by atoms with Gasteiger partial charge in [0.05, 0.1) is 16.9 Å². The third kappa shape index (κ3) is 3.33. The molecule has 0 saturated heterocycles. The zero-order valence-electron chi connectivity index (χ0n) is 11.7. The highest BCUT2D eigenvalue weighted by atomic mass is 32.2. The number of hydrogen-bond acceptors (Lipinski definition) is 4. The van der Waals surface area contributed by atoms with E-state index >= 15 is 0 Å². The van der Waals surface area contributed by atoms with E-state index in [1.807, 2.05) is 13.8 Å². The van der Waals surface area contributed by atoms with Gasteiger partial charge < -0.3 is 9.52 Å². The van der Waals surface area contributed by atoms with Crippen LogP contribution in [0.15, 0.2) is 45.9 Å². The molecule has 0 fully saturated rings. The second-order valence-corrected chi connectivity index (χ2v) is 7.05. The summed E-state index contributed by atoms with van der Waals surface area (Å²) in [5, 5.41) is 8.93. The van der Waals surface area contributed by atoms with Gasteiger partial charge in [0.1, 0.15) is 0 Å². The van der Waals surface area contributed by atoms with Crippen LogP contribution in [0.3, 0.4) is 0 Å². The number of furan rings is 1. The molecule has 1 aromatic heterocycles. The van der Waals surface area contributed by atoms with E-state index in [9.17, 15) is 13.2 Å². The molecule has 0 bridgehead atoms. The molecule has 0 aliphatic rings. The van der Waals surface area contributed by atoms with Crippen molar-refractivity contribution >= 4 is 15.8 Å². The van der Waals surface area contributed by atoms with Crippen LogP contribution in [0.25, 0.3) is 0 Å². The van der Waals surface area contributed by atoms with Crippen molar-refractivity contribution in [2.75, 3.05) is 0 Å². The van der Waals surface area contributed by atoms with Gasteiger partial charge in [-0.3, -0.25) is 0 Å². The highest BCUT2D eigenvalue weighted by Crippen LogP contribution is 2.22. The third-order valence-corrected chi connectivity index (χ3v) is 4.87. The molecule has 0 radical (unpaired) electrons. The van der Waals surface area contributed by atoms with Gasteiger partial charge in [-0.1, -0.05) is 26.0 Å². The molecule has 0 atom stereocenters. The van der Waals surface area contributed by atoms with Gasteiger partial charge in [0, 0.05) is 5.56 Å². The van der Waals surface area contributed by atoms with Gasteiger partial charge in [-0.05, 0) is 29.7 Å². The number of carbonyl (C=O) groups is 1. The number of sulfone groups is 1. The molecule has 0 amide bonds. The Morgan fingerprint density at radius 1 is 1.19 bits per heavy atom. The van der Waals surface area contributed by atoms with Gasteiger partial charge in [-0.25, -0.2) is 13.2 Å². The molecular formula is C15H16O5S. The van der Waals surface area contributed by atoms with Gasteiger partial charge in [-0.2, -0.15) is 0 Å². The summed E-state index contributed by atoms with van der Waals surface area (Å²) in [6.45, 7) is 4.04. The summed E-state index contributed by atoms with van der Waals surface area (Å²) in [5.41, 5.74) is 1.19. The fourth-order valence-corrected chi connectivity index (χ4v) is 3.34. The predicted octanol–water partition coefficient (Wildman–Crippen LogP) is 3.08. The Labute approximate surface area is 123 Å². The van der Waals surface area contributed by atoms with E-state index in [1.54, 1.807) is 24.3 Å². The third-order valence-electron chi connectivity index (χ3n) is 3.19. The molecule has 1 aromatic carbocycles. The molecule has 5 nitrogen and oxygen atoms in total. The first-order valence-corrected chi connectivity index (χ1v) is 8.09. The maximum absolute atomic E-state index is 12.3. The number of benzene rings is 1. The zero-order valence-corrected chi connectivity index (χ0v) is 12.6. The summed E-state index contributed by atoms with van der Waals surface area (Å²) in [4.78, 5) is 11.1. The van der Waals surface area contributed by atoms with Crippen LogP contribution in [0.1, 0.15) is 41.4 Å². The van der Waals surface area contributed by atoms with Crippen LogP contribution >= 0.6 is 0 Å². The lowest BCUT2D eigenvalue weighted by Crippen LogP contribution is -2.08. The van der Waals surface area contributed by atoms with Crippen molar-refractivity contribution in [2.45, 2.75) is 30.4 Å². The lowest BCUT2D eigenvalue weighted by Gasteiger charge is -2.07. The molecule has 6 heteroatoms. The van der Waals surface area contributed by atoms with Crippen molar-refractivity contribution < 1.29 is 22.7 Å². The number of carboxylic acid groups (broad SMARTS) is 1. The van der Waals surface area contributed by atoms with Gasteiger partial charge >= 0.3 is 5.97 Å². The minimum Gasteiger partial charge on any atom is -0.475 e. The molecule has 0 spiro atoms. The van der Waals surface area contributed by atoms with Crippen LogP contribution in [-0.2, 0) is 15.6 Å². The number of rotatable bonds is 5. The molecule has 2 aromatic rings. The van der Waals surface area contributed by atoms with Gasteiger partial charge in [0.25, 0.3) is 0 Å². The van der Waals surface area contributed by atoms with Crippen LogP contribution in [-0.4, -0.2) is 19.5 Å². The molecule has 0 saturated carbocycles. The molecule has 1 N–H and O–H groups in total. The highest BCUT2D eigenvalue weighted by molar-refractivity contribution is 7.90. The molecule has 112 valence electrons. The van der Waals surface area contributed by atoms with Crippen LogP contribution in [0.2, 0.25) is 0 Å². The largest absolute Gasteiger partial charge is 0.475 e. The van der Waals surface area contributed by atoms with Crippen molar-refractivity contribution in [2.24, 2.45) is 0 Å². The smallest absolute Gasteiger partial charge is 0.372 e. The van der Waals surface area contributed by atoms with Crippen molar-refractivity contribution in [3.8, 4) is 0 Å². The maximum atomic E-state index is 12.3. The molecule has 1 heterocycles. The molecule has 2 rings (SSSR count). The second-order valence-electron chi connectivity index (χ2n) is 5.06. The molecule has 21 heavy (non-hydrogen) atoms. The fraction of sp³-hybridized carbons (Fsp3) is 0.267. The van der Waals surface area contributed by atoms with Crippen molar-refractivity contribution in [3.05, 3.63) is 53.5 Å². The summed E-state index contributed by atoms with van der Waals surface area (Å²) < 4.78 is 29.4. The first-order valence-electron chi connectivity index (χ1n) is 6.43. The van der Waals surface area contributed by atoms with E-state index in [0.29, 0.717) is 5.92 Å². The predicted molar refractivity (Wildman–Crippen MR) is 77.1 cm³/mol. The lowest BCUT2D eigenvalue weighted by atomic mass is 10.0. The summed E-state index contributed by atoms with van der Waals surface area (Å²) in [6, 6.07) is 8.00. The van der Waals surface area contributed by atoms with E-state index in [0.717, 1.165) is 5.56 Å². The van der Waals surface area contributed by atoms with Crippen molar-refractivity contribution in [3.63, 3.8) is 0 Å². The summed E-state index contributed by atoms with van der Waals surface area (Å²) >= 11 is 0. The monoisotopic (exact) mass is 308 g/mol. The summed E-state index contributed by atoms with van der Waals surface area (Å²) in [5.74, 6) is -1.70. The quantitative estimate of drug-likeness (QED) is 0.917. The Kier molecular flexibility index (Phi) is 4.18. The van der Waals surface area contributed by atoms with Crippen LogP contribution in [0.5, 0.6) is 0 Å². The molecule has 0 aliphatic heterocycles. The molecular weight excluding hydrogens is 292 g/mol. The normalized spacial score (nSPS) is 11.8. The lowest BCUT2D eigenvalue weighted by molar-refractivity contribution is 0.0661. The van der Waals surface area contributed by atoms with Gasteiger partial charge in [-0.15, -0.1) is 0 Å². The van der Waals surface area contributed by atoms with E-state index in [4.69, 9.17) is 9.52 Å². The number of hydrogen-bond donors (Lipinski definition) is 1. The standard InChI is InChI=1S/C15H16O5S/c1-10(2)11-3-5-13(6-4-11)21(18,19)9-12-7-8-20-14(12)15(16)17/h3-8,10H,9H2,1-2H3,(H,16,17). The average molecular weight is 308 g/mol. The maximum Gasteiger partial charge on any atom is 0.372 e. The highest BCUT2D eigenvalue weighted by Gasteiger charge is 2.22. The topological polar surface area (TPSA) is 84.6 Å². The minimum absolute atomic E-state index is 0.149. The van der Waals surface area contributed by atoms with E-state index in [2.05, 4.69) is 0 Å². The Morgan fingerprint density at radius 3 is 2.33 bits per heavy atom. The zero-order chi connectivity index (χ0) is 15.6. The first kappa shape index (κ1) is 15.3. The van der Waals surface area contributed by atoms with Crippen LogP contribution in [0.4, 0.5) is 0 Å². The second kappa shape index (κ2) is 5.73. The number of aromatic carboxylic acids is 1. The Hall–Kier alpha value is -2.08. The first-order chi connectivity index (χ1) is 9.81. The SMILES string of the molecule is CC(C)c1ccc(S(=O)(=O)Cc2ccoc2C(=O)O)cc1. The van der Waals surface area contributed by atoms with Crippen molar-refractivity contribution in [1.29, 1.82) is 0 Å². The van der Waals surface area contributed by atoms with Gasteiger partial charge in [0.15, 0.2) is 9.84 Å². The van der Waals surface area contributed by atoms with Crippen LogP contribution in [0, 0.1) is 0 Å². The Balaban J connectivity index is 2.30. The summed E-state index contributed by atoms with van der Waals surface area (Å²) in [7, 11) is -3.61. The number of carboxylic acids is 1. The Bertz CT molecular complexity index is 739. The van der Waals surface area contributed by atoms with Crippen molar-refractivity contribution in [1.82, 2.24) is 0 Å². The van der Waals surface area contributed by atoms with Gasteiger partial charge in [0.2, 0.25) is 5.76 Å². The van der Waals surface area contributed by atoms with E-state index in [1.165, 1.54) is 12.3 Å². The molecule has 0 unspecified atom stereocenters. The Morgan fingerprint density at radius 2 is 1.81 bits per heavy atom. The summed E-state index contributed by atoms with van der Waals surface area (Å²) in [6.07, 6.45) is 1.18. The van der Waals surface area contributed by atoms with Crippen LogP contribution < -0.4 is 0 Å². The average Bonchev–Trinajstić information content (AvgIpc) is 2.86. The fourth-order valence-electron chi connectivity index (χ4n) is 1.99. The minimum atomic E-state index is -3.61. The van der Waals surface area contributed by atoms with E-state index in [-0.39, 0.29) is 16.2 Å².